The lowest BCUT2D eigenvalue weighted by atomic mass is 9.70. The molecule has 2 aliphatic carbocycles. The molecule has 8 heteroatoms. The lowest BCUT2D eigenvalue weighted by Gasteiger charge is -2.34. The van der Waals surface area contributed by atoms with Crippen LogP contribution in [0, 0.1) is 23.6 Å². The van der Waals surface area contributed by atoms with E-state index in [4.69, 9.17) is 4.99 Å². The summed E-state index contributed by atoms with van der Waals surface area (Å²) in [5.74, 6) is 0.0950. The number of H-pyrrole nitrogens is 1. The SMILES string of the molecule is CC1CC(=O)C2C(=Nc3n[nH]c(C(=O)NCC4CC4)c3C2/C=C/c2ccc(-c3cccc(F)c3)cn2)C1. The van der Waals surface area contributed by atoms with Crippen molar-refractivity contribution in [2.24, 2.45) is 22.7 Å². The zero-order chi connectivity index (χ0) is 25.5. The Labute approximate surface area is 214 Å². The minimum absolute atomic E-state index is 0.137. The Morgan fingerprint density at radius 2 is 2.05 bits per heavy atom. The number of fused-ring (bicyclic) bond motifs is 2. The minimum atomic E-state index is -0.418. The molecular formula is C29H28FN5O2. The number of Topliss-reactive ketones (excluding diaryl/α,β-unsaturated/α-hetero) is 1. The van der Waals surface area contributed by atoms with Gasteiger partial charge in [-0.05, 0) is 60.9 Å². The minimum Gasteiger partial charge on any atom is -0.350 e. The molecule has 1 amide bonds. The fourth-order valence-electron chi connectivity index (χ4n) is 5.35. The predicted octanol–water partition coefficient (Wildman–Crippen LogP) is 5.25. The number of carbonyl (C=O) groups excluding carboxylic acids is 2. The van der Waals surface area contributed by atoms with Crippen molar-refractivity contribution in [2.45, 2.75) is 38.5 Å². The summed E-state index contributed by atoms with van der Waals surface area (Å²) in [6, 6.07) is 10.1. The molecule has 3 unspecified atom stereocenters. The van der Waals surface area contributed by atoms with Crippen molar-refractivity contribution in [3.63, 3.8) is 0 Å². The highest BCUT2D eigenvalue weighted by Gasteiger charge is 2.43. The van der Waals surface area contributed by atoms with Gasteiger partial charge in [0.1, 0.15) is 17.3 Å². The van der Waals surface area contributed by atoms with Gasteiger partial charge in [-0.1, -0.05) is 31.2 Å². The number of pyridine rings is 1. The van der Waals surface area contributed by atoms with Crippen LogP contribution in [0.2, 0.25) is 0 Å². The van der Waals surface area contributed by atoms with Gasteiger partial charge in [-0.2, -0.15) is 5.10 Å². The van der Waals surface area contributed by atoms with E-state index in [9.17, 15) is 14.0 Å². The van der Waals surface area contributed by atoms with E-state index in [0.29, 0.717) is 41.7 Å². The molecule has 6 rings (SSSR count). The Morgan fingerprint density at radius 3 is 2.81 bits per heavy atom. The van der Waals surface area contributed by atoms with Gasteiger partial charge in [-0.15, -0.1) is 0 Å². The number of nitrogens with one attached hydrogen (secondary N) is 2. The van der Waals surface area contributed by atoms with Gasteiger partial charge in [0.2, 0.25) is 0 Å². The predicted molar refractivity (Wildman–Crippen MR) is 139 cm³/mol. The highest BCUT2D eigenvalue weighted by atomic mass is 19.1. The van der Waals surface area contributed by atoms with Crippen molar-refractivity contribution < 1.29 is 14.0 Å². The lowest BCUT2D eigenvalue weighted by Crippen LogP contribution is -2.38. The summed E-state index contributed by atoms with van der Waals surface area (Å²) in [6.45, 7) is 2.70. The number of aromatic amines is 1. The Morgan fingerprint density at radius 1 is 1.19 bits per heavy atom. The zero-order valence-corrected chi connectivity index (χ0v) is 20.6. The van der Waals surface area contributed by atoms with E-state index in [1.807, 2.05) is 30.4 Å². The molecule has 0 spiro atoms. The average Bonchev–Trinajstić information content (AvgIpc) is 3.62. The standard InChI is InChI=1S/C29H28FN5O2/c1-16-11-23-25(24(36)12-16)22(26-27(34-35-28(26)33-23)29(37)32-14-17-5-6-17)10-9-21-8-7-19(15-31-21)18-3-2-4-20(30)13-18/h2-4,7-10,13,15-17,22,25H,5-6,11-12,14H2,1H3,(H,32,37)(H,34,35)/b10-9+. The summed E-state index contributed by atoms with van der Waals surface area (Å²) in [5, 5.41) is 10.2. The van der Waals surface area contributed by atoms with Crippen LogP contribution in [-0.4, -0.2) is 39.1 Å². The molecule has 1 aromatic carbocycles. The number of hydrogen-bond acceptors (Lipinski definition) is 5. The number of carbonyl (C=O) groups is 2. The van der Waals surface area contributed by atoms with Crippen molar-refractivity contribution in [1.82, 2.24) is 20.5 Å². The number of aliphatic imine (C=N–C) groups is 1. The van der Waals surface area contributed by atoms with E-state index in [-0.39, 0.29) is 29.3 Å². The number of halogens is 1. The second-order valence-corrected chi connectivity index (χ2v) is 10.4. The maximum atomic E-state index is 13.6. The monoisotopic (exact) mass is 497 g/mol. The highest BCUT2D eigenvalue weighted by molar-refractivity contribution is 6.11. The van der Waals surface area contributed by atoms with Gasteiger partial charge < -0.3 is 5.32 Å². The van der Waals surface area contributed by atoms with Gasteiger partial charge in [0.25, 0.3) is 5.91 Å². The molecule has 2 N–H and O–H groups in total. The van der Waals surface area contributed by atoms with Crippen LogP contribution in [0.1, 0.15) is 60.3 Å². The molecule has 0 radical (unpaired) electrons. The van der Waals surface area contributed by atoms with Crippen molar-refractivity contribution in [2.75, 3.05) is 6.54 Å². The summed E-state index contributed by atoms with van der Waals surface area (Å²) < 4.78 is 13.6. The molecule has 3 aromatic rings. The molecular weight excluding hydrogens is 469 g/mol. The van der Waals surface area contributed by atoms with Crippen LogP contribution in [0.15, 0.2) is 53.7 Å². The van der Waals surface area contributed by atoms with Crippen molar-refractivity contribution in [3.05, 3.63) is 71.4 Å². The van der Waals surface area contributed by atoms with Crippen molar-refractivity contribution in [3.8, 4) is 11.1 Å². The molecule has 3 aliphatic rings. The molecule has 188 valence electrons. The fraction of sp³-hybridized carbons (Fsp3) is 0.345. The lowest BCUT2D eigenvalue weighted by molar-refractivity contribution is -0.122. The smallest absolute Gasteiger partial charge is 0.269 e. The quantitative estimate of drug-likeness (QED) is 0.486. The number of aromatic nitrogens is 3. The maximum absolute atomic E-state index is 13.6. The van der Waals surface area contributed by atoms with E-state index < -0.39 is 5.92 Å². The third kappa shape index (κ3) is 4.75. The number of benzene rings is 1. The highest BCUT2D eigenvalue weighted by Crippen LogP contribution is 2.44. The van der Waals surface area contributed by atoms with Crippen molar-refractivity contribution >= 4 is 29.3 Å². The average molecular weight is 498 g/mol. The number of rotatable bonds is 6. The normalized spacial score (nSPS) is 22.9. The molecule has 0 saturated heterocycles. The Hall–Kier alpha value is -3.94. The van der Waals surface area contributed by atoms with Gasteiger partial charge in [0.15, 0.2) is 5.82 Å². The first-order valence-corrected chi connectivity index (χ1v) is 12.8. The zero-order valence-electron chi connectivity index (χ0n) is 20.6. The van der Waals surface area contributed by atoms with E-state index in [1.54, 1.807) is 12.3 Å². The molecule has 2 fully saturated rings. The summed E-state index contributed by atoms with van der Waals surface area (Å²) in [4.78, 5) is 35.5. The van der Waals surface area contributed by atoms with E-state index in [1.165, 1.54) is 12.1 Å². The molecule has 0 bridgehead atoms. The van der Waals surface area contributed by atoms with Gasteiger partial charge in [-0.3, -0.25) is 19.7 Å². The largest absolute Gasteiger partial charge is 0.350 e. The second-order valence-electron chi connectivity index (χ2n) is 10.4. The van der Waals surface area contributed by atoms with Crippen molar-refractivity contribution in [1.29, 1.82) is 0 Å². The summed E-state index contributed by atoms with van der Waals surface area (Å²) in [7, 11) is 0. The van der Waals surface area contributed by atoms with Gasteiger partial charge in [0.05, 0.1) is 11.6 Å². The molecule has 37 heavy (non-hydrogen) atoms. The van der Waals surface area contributed by atoms with Gasteiger partial charge >= 0.3 is 0 Å². The van der Waals surface area contributed by atoms with Crippen LogP contribution >= 0.6 is 0 Å². The Balaban J connectivity index is 1.32. The molecule has 1 aliphatic heterocycles. The van der Waals surface area contributed by atoms with Crippen LogP contribution < -0.4 is 5.32 Å². The van der Waals surface area contributed by atoms with Gasteiger partial charge in [-0.25, -0.2) is 9.38 Å². The summed E-state index contributed by atoms with van der Waals surface area (Å²) in [5.41, 5.74) is 4.13. The number of hydrogen-bond donors (Lipinski definition) is 2. The van der Waals surface area contributed by atoms with E-state index >= 15 is 0 Å². The third-order valence-electron chi connectivity index (χ3n) is 7.43. The molecule has 2 aromatic heterocycles. The first-order valence-electron chi connectivity index (χ1n) is 12.8. The maximum Gasteiger partial charge on any atom is 0.269 e. The van der Waals surface area contributed by atoms with Crippen LogP contribution in [0.25, 0.3) is 17.2 Å². The van der Waals surface area contributed by atoms with E-state index in [0.717, 1.165) is 36.1 Å². The molecule has 3 atom stereocenters. The van der Waals surface area contributed by atoms with Crippen LogP contribution in [-0.2, 0) is 4.79 Å². The number of allylic oxidation sites excluding steroid dienone is 1. The van der Waals surface area contributed by atoms with Crippen LogP contribution in [0.3, 0.4) is 0 Å². The number of ketones is 1. The molecule has 3 heterocycles. The number of nitrogens with zero attached hydrogens (tertiary/aromatic N) is 3. The Bertz CT molecular complexity index is 1420. The summed E-state index contributed by atoms with van der Waals surface area (Å²) in [6.07, 6.45) is 9.03. The second kappa shape index (κ2) is 9.50. The number of amides is 1. The molecule has 7 nitrogen and oxygen atoms in total. The first-order chi connectivity index (χ1) is 18.0. The van der Waals surface area contributed by atoms with Gasteiger partial charge in [0, 0.05) is 41.9 Å². The fourth-order valence-corrected chi connectivity index (χ4v) is 5.35. The van der Waals surface area contributed by atoms with Crippen LogP contribution in [0.4, 0.5) is 10.2 Å². The topological polar surface area (TPSA) is 100 Å². The third-order valence-corrected chi connectivity index (χ3v) is 7.43. The van der Waals surface area contributed by atoms with E-state index in [2.05, 4.69) is 27.4 Å². The summed E-state index contributed by atoms with van der Waals surface area (Å²) >= 11 is 0. The first kappa shape index (κ1) is 23.5. The molecule has 2 saturated carbocycles. The van der Waals surface area contributed by atoms with Crippen LogP contribution in [0.5, 0.6) is 0 Å². The Kier molecular flexibility index (Phi) is 6.02.